The molecule has 0 radical (unpaired) electrons. The molecule has 4 aromatic rings. The Kier molecular flexibility index (Phi) is 7.70. The predicted molar refractivity (Wildman–Crippen MR) is 144 cm³/mol. The van der Waals surface area contributed by atoms with Gasteiger partial charge in [0.15, 0.2) is 11.5 Å². The number of carbonyl (C=O) groups excluding carboxylic acids is 1. The SMILES string of the molecule is Cc1ccc(S(=O)(=O)Oc2ccccc2NC(=O)Nc2ccccc2OS(=O)(=O)c2ccccc2C)cc1. The molecule has 0 aliphatic heterocycles. The Bertz CT molecular complexity index is 1680. The van der Waals surface area contributed by atoms with Gasteiger partial charge in [0.2, 0.25) is 0 Å². The number of hydrogen-bond donors (Lipinski definition) is 2. The summed E-state index contributed by atoms with van der Waals surface area (Å²) in [5, 5.41) is 5.06. The molecule has 38 heavy (non-hydrogen) atoms. The smallest absolute Gasteiger partial charge is 0.339 e. The lowest BCUT2D eigenvalue weighted by molar-refractivity contribution is 0.262. The lowest BCUT2D eigenvalue weighted by Crippen LogP contribution is -2.21. The van der Waals surface area contributed by atoms with Gasteiger partial charge in [-0.15, -0.1) is 0 Å². The summed E-state index contributed by atoms with van der Waals surface area (Å²) < 4.78 is 61.8. The Morgan fingerprint density at radius 1 is 0.605 bits per heavy atom. The van der Waals surface area contributed by atoms with Gasteiger partial charge < -0.3 is 19.0 Å². The van der Waals surface area contributed by atoms with Gasteiger partial charge >= 0.3 is 26.3 Å². The summed E-state index contributed by atoms with van der Waals surface area (Å²) in [4.78, 5) is 12.8. The maximum Gasteiger partial charge on any atom is 0.339 e. The van der Waals surface area contributed by atoms with E-state index in [-0.39, 0.29) is 32.7 Å². The summed E-state index contributed by atoms with van der Waals surface area (Å²) in [6.45, 7) is 3.47. The zero-order valence-corrected chi connectivity index (χ0v) is 22.0. The fourth-order valence-electron chi connectivity index (χ4n) is 3.43. The molecule has 0 unspecified atom stereocenters. The molecule has 196 valence electrons. The number of benzene rings is 4. The highest BCUT2D eigenvalue weighted by Crippen LogP contribution is 2.30. The van der Waals surface area contributed by atoms with E-state index in [1.165, 1.54) is 42.5 Å². The second-order valence-corrected chi connectivity index (χ2v) is 11.3. The molecule has 0 aliphatic carbocycles. The van der Waals surface area contributed by atoms with E-state index < -0.39 is 26.3 Å². The topological polar surface area (TPSA) is 128 Å². The van der Waals surface area contributed by atoms with Gasteiger partial charge in [-0.3, -0.25) is 0 Å². The van der Waals surface area contributed by atoms with Gasteiger partial charge in [0.1, 0.15) is 9.79 Å². The van der Waals surface area contributed by atoms with E-state index in [9.17, 15) is 21.6 Å². The molecule has 0 aromatic heterocycles. The third kappa shape index (κ3) is 6.31. The van der Waals surface area contributed by atoms with Crippen LogP contribution in [0, 0.1) is 13.8 Å². The van der Waals surface area contributed by atoms with E-state index >= 15 is 0 Å². The van der Waals surface area contributed by atoms with Crippen LogP contribution in [-0.4, -0.2) is 22.9 Å². The van der Waals surface area contributed by atoms with Crippen LogP contribution in [0.4, 0.5) is 16.2 Å². The Hall–Kier alpha value is -4.35. The highest BCUT2D eigenvalue weighted by molar-refractivity contribution is 7.87. The van der Waals surface area contributed by atoms with E-state index in [1.54, 1.807) is 61.5 Å². The molecule has 0 saturated heterocycles. The van der Waals surface area contributed by atoms with Crippen LogP contribution in [0.15, 0.2) is 107 Å². The van der Waals surface area contributed by atoms with Crippen molar-refractivity contribution in [1.29, 1.82) is 0 Å². The summed E-state index contributed by atoms with van der Waals surface area (Å²) in [5.74, 6) is -0.202. The predicted octanol–water partition coefficient (Wildman–Crippen LogP) is 5.48. The normalized spacial score (nSPS) is 11.4. The van der Waals surface area contributed by atoms with Crippen molar-refractivity contribution >= 4 is 37.6 Å². The molecule has 2 N–H and O–H groups in total. The molecule has 0 aliphatic rings. The molecule has 0 spiro atoms. The third-order valence-electron chi connectivity index (χ3n) is 5.34. The molecule has 11 heteroatoms. The van der Waals surface area contributed by atoms with E-state index in [1.807, 2.05) is 6.92 Å². The van der Waals surface area contributed by atoms with Gasteiger partial charge in [0.25, 0.3) is 0 Å². The molecule has 2 amide bonds. The van der Waals surface area contributed by atoms with Crippen molar-refractivity contribution in [2.45, 2.75) is 23.6 Å². The third-order valence-corrected chi connectivity index (χ3v) is 7.99. The maximum absolute atomic E-state index is 12.8. The number of amides is 2. The standard InChI is InChI=1S/C27H24N2O7S2/c1-19-15-17-21(18-16-19)37(31,32)35-24-12-6-4-10-22(24)28-27(30)29-23-11-5-7-13-25(23)36-38(33,34)26-14-8-3-9-20(26)2/h3-18H,1-2H3,(H2,28,29,30). The minimum Gasteiger partial charge on any atom is -0.377 e. The van der Waals surface area contributed by atoms with Crippen LogP contribution in [0.1, 0.15) is 11.1 Å². The average Bonchev–Trinajstić information content (AvgIpc) is 2.86. The van der Waals surface area contributed by atoms with Crippen LogP contribution in [0.2, 0.25) is 0 Å². The molecule has 0 bridgehead atoms. The van der Waals surface area contributed by atoms with Crippen LogP contribution in [-0.2, 0) is 20.2 Å². The molecule has 0 saturated carbocycles. The summed E-state index contributed by atoms with van der Waals surface area (Å²) in [6.07, 6.45) is 0. The number of hydrogen-bond acceptors (Lipinski definition) is 7. The van der Waals surface area contributed by atoms with Crippen molar-refractivity contribution in [2.24, 2.45) is 0 Å². The number of nitrogens with one attached hydrogen (secondary N) is 2. The van der Waals surface area contributed by atoms with Crippen LogP contribution in [0.3, 0.4) is 0 Å². The second kappa shape index (κ2) is 11.0. The minimum atomic E-state index is -4.18. The van der Waals surface area contributed by atoms with Crippen molar-refractivity contribution in [1.82, 2.24) is 0 Å². The van der Waals surface area contributed by atoms with Gasteiger partial charge in [-0.25, -0.2) is 4.79 Å². The Balaban J connectivity index is 1.52. The number of carbonyl (C=O) groups is 1. The highest BCUT2D eigenvalue weighted by Gasteiger charge is 2.22. The van der Waals surface area contributed by atoms with E-state index in [4.69, 9.17) is 8.37 Å². The van der Waals surface area contributed by atoms with Gasteiger partial charge in [-0.1, -0.05) is 60.2 Å². The lowest BCUT2D eigenvalue weighted by atomic mass is 10.2. The molecular formula is C27H24N2O7S2. The first-order chi connectivity index (χ1) is 18.0. The molecule has 9 nitrogen and oxygen atoms in total. The van der Waals surface area contributed by atoms with Crippen molar-refractivity contribution in [3.8, 4) is 11.5 Å². The van der Waals surface area contributed by atoms with E-state index in [2.05, 4.69) is 10.6 Å². The number of urea groups is 1. The van der Waals surface area contributed by atoms with Gasteiger partial charge in [-0.05, 0) is 61.9 Å². The first kappa shape index (κ1) is 26.7. The zero-order valence-electron chi connectivity index (χ0n) is 20.4. The number of aryl methyl sites for hydroxylation is 2. The Labute approximate surface area is 221 Å². The van der Waals surface area contributed by atoms with Crippen LogP contribution >= 0.6 is 0 Å². The molecule has 4 aromatic carbocycles. The second-order valence-electron chi connectivity index (χ2n) is 8.22. The Morgan fingerprint density at radius 2 is 1.08 bits per heavy atom. The Morgan fingerprint density at radius 3 is 1.63 bits per heavy atom. The van der Waals surface area contributed by atoms with Gasteiger partial charge in [0.05, 0.1) is 11.4 Å². The van der Waals surface area contributed by atoms with Crippen LogP contribution in [0.5, 0.6) is 11.5 Å². The summed E-state index contributed by atoms with van der Waals surface area (Å²) in [6, 6.07) is 23.8. The van der Waals surface area contributed by atoms with E-state index in [0.717, 1.165) is 5.56 Å². The van der Waals surface area contributed by atoms with Gasteiger partial charge in [-0.2, -0.15) is 16.8 Å². The maximum atomic E-state index is 12.8. The lowest BCUT2D eigenvalue weighted by Gasteiger charge is -2.15. The van der Waals surface area contributed by atoms with Crippen molar-refractivity contribution in [2.75, 3.05) is 10.6 Å². The largest absolute Gasteiger partial charge is 0.377 e. The first-order valence-corrected chi connectivity index (χ1v) is 14.1. The van der Waals surface area contributed by atoms with Crippen molar-refractivity contribution in [3.63, 3.8) is 0 Å². The number of anilines is 2. The average molecular weight is 553 g/mol. The van der Waals surface area contributed by atoms with Crippen LogP contribution < -0.4 is 19.0 Å². The first-order valence-electron chi connectivity index (χ1n) is 11.3. The van der Waals surface area contributed by atoms with Crippen molar-refractivity contribution in [3.05, 3.63) is 108 Å². The fourth-order valence-corrected chi connectivity index (χ4v) is 5.56. The van der Waals surface area contributed by atoms with Crippen LogP contribution in [0.25, 0.3) is 0 Å². The molecule has 0 atom stereocenters. The molecule has 0 heterocycles. The van der Waals surface area contributed by atoms with E-state index in [0.29, 0.717) is 5.56 Å². The molecular weight excluding hydrogens is 528 g/mol. The highest BCUT2D eigenvalue weighted by atomic mass is 32.2. The molecule has 4 rings (SSSR count). The van der Waals surface area contributed by atoms with Crippen molar-refractivity contribution < 1.29 is 30.0 Å². The molecule has 0 fully saturated rings. The number of para-hydroxylation sites is 4. The minimum absolute atomic E-state index is 0.000108. The quantitative estimate of drug-likeness (QED) is 0.277. The zero-order chi connectivity index (χ0) is 27.3. The summed E-state index contributed by atoms with van der Waals surface area (Å²) in [5.41, 5.74) is 1.55. The monoisotopic (exact) mass is 552 g/mol. The summed E-state index contributed by atoms with van der Waals surface area (Å²) >= 11 is 0. The summed E-state index contributed by atoms with van der Waals surface area (Å²) in [7, 11) is -8.34. The number of rotatable bonds is 8. The fraction of sp³-hybridized carbons (Fsp3) is 0.0741. The van der Waals surface area contributed by atoms with Gasteiger partial charge in [0, 0.05) is 0 Å².